The first-order valence-electron chi connectivity index (χ1n) is 8.95. The first-order chi connectivity index (χ1) is 14.1. The third-order valence-electron chi connectivity index (χ3n) is 4.87. The van der Waals surface area contributed by atoms with Gasteiger partial charge in [-0.2, -0.15) is 5.10 Å². The Kier molecular flexibility index (Phi) is 5.06. The number of nitrogens with two attached hydrogens (primary N) is 1. The van der Waals surface area contributed by atoms with Crippen LogP contribution in [0.4, 0.5) is 14.6 Å². The van der Waals surface area contributed by atoms with Gasteiger partial charge in [0.2, 0.25) is 0 Å². The fourth-order valence-corrected chi connectivity index (χ4v) is 3.45. The summed E-state index contributed by atoms with van der Waals surface area (Å²) in [6.45, 7) is 1.34. The molecule has 10 nitrogen and oxygen atoms in total. The van der Waals surface area contributed by atoms with Crippen LogP contribution in [0.2, 0.25) is 0 Å². The smallest absolute Gasteiger partial charge is 0.281 e. The van der Waals surface area contributed by atoms with Gasteiger partial charge in [0.25, 0.3) is 6.43 Å². The summed E-state index contributed by atoms with van der Waals surface area (Å²) in [5.41, 5.74) is 7.79. The van der Waals surface area contributed by atoms with Crippen molar-refractivity contribution in [2.24, 2.45) is 22.0 Å². The molecule has 3 aromatic heterocycles. The number of aromatic nitrogens is 5. The Morgan fingerprint density at radius 1 is 1.28 bits per heavy atom. The first-order valence-corrected chi connectivity index (χ1v) is 8.95. The molecule has 4 rings (SSSR count). The van der Waals surface area contributed by atoms with Gasteiger partial charge in [0.1, 0.15) is 17.2 Å². The molecule has 29 heavy (non-hydrogen) atoms. The summed E-state index contributed by atoms with van der Waals surface area (Å²) < 4.78 is 27.6. The summed E-state index contributed by atoms with van der Waals surface area (Å²) in [4.78, 5) is 18.9. The van der Waals surface area contributed by atoms with Crippen molar-refractivity contribution in [3.8, 4) is 11.5 Å². The van der Waals surface area contributed by atoms with Crippen LogP contribution in [0.3, 0.4) is 0 Å². The second-order valence-corrected chi connectivity index (χ2v) is 6.61. The van der Waals surface area contributed by atoms with Crippen molar-refractivity contribution in [2.45, 2.75) is 19.3 Å². The molecule has 0 radical (unpaired) electrons. The molecule has 4 heterocycles. The van der Waals surface area contributed by atoms with Crippen LogP contribution < -0.4 is 10.7 Å². The molecule has 0 aromatic carbocycles. The fraction of sp³-hybridized carbons (Fsp3) is 0.353. The molecular formula is C17H18F2N10. The molecule has 0 bridgehead atoms. The molecule has 1 atom stereocenters. The number of anilines is 1. The Hall–Kier alpha value is -3.57. The van der Waals surface area contributed by atoms with Gasteiger partial charge in [0.05, 0.1) is 12.4 Å². The monoisotopic (exact) mass is 400 g/mol. The summed E-state index contributed by atoms with van der Waals surface area (Å²) in [6, 6.07) is 1.78. The third-order valence-corrected chi connectivity index (χ3v) is 4.87. The molecule has 1 saturated heterocycles. The fourth-order valence-electron chi connectivity index (χ4n) is 3.45. The summed E-state index contributed by atoms with van der Waals surface area (Å²) in [5.74, 6) is 6.62. The van der Waals surface area contributed by atoms with Gasteiger partial charge in [-0.1, -0.05) is 0 Å². The van der Waals surface area contributed by atoms with E-state index in [-0.39, 0.29) is 11.6 Å². The van der Waals surface area contributed by atoms with E-state index in [0.717, 1.165) is 19.4 Å². The first kappa shape index (κ1) is 18.8. The van der Waals surface area contributed by atoms with Crippen LogP contribution in [0.5, 0.6) is 0 Å². The van der Waals surface area contributed by atoms with Gasteiger partial charge in [0.15, 0.2) is 17.3 Å². The zero-order chi connectivity index (χ0) is 20.4. The summed E-state index contributed by atoms with van der Waals surface area (Å²) in [7, 11) is 0. The Bertz CT molecular complexity index is 1060. The highest BCUT2D eigenvalue weighted by atomic mass is 19.3. The number of rotatable bonds is 4. The number of fused-ring (bicyclic) bond motifs is 1. The summed E-state index contributed by atoms with van der Waals surface area (Å²) in [5, 5.41) is 7.01. The van der Waals surface area contributed by atoms with Crippen molar-refractivity contribution >= 4 is 17.3 Å². The highest BCUT2D eigenvalue weighted by Gasteiger charge is 2.26. The van der Waals surface area contributed by atoms with Gasteiger partial charge < -0.3 is 10.7 Å². The van der Waals surface area contributed by atoms with E-state index in [2.05, 4.69) is 30.2 Å². The molecule has 1 fully saturated rings. The Morgan fingerprint density at radius 3 is 2.90 bits per heavy atom. The average Bonchev–Trinajstić information content (AvgIpc) is 3.18. The molecule has 1 unspecified atom stereocenters. The van der Waals surface area contributed by atoms with Gasteiger partial charge in [-0.05, 0) is 18.9 Å². The van der Waals surface area contributed by atoms with Gasteiger partial charge in [-0.25, -0.2) is 34.2 Å². The molecule has 3 N–H and O–H groups in total. The molecule has 1 aliphatic rings. The average molecular weight is 400 g/mol. The topological polar surface area (TPSA) is 134 Å². The maximum atomic E-state index is 13.0. The molecule has 12 heteroatoms. The molecule has 1 aliphatic heterocycles. The third kappa shape index (κ3) is 3.60. The van der Waals surface area contributed by atoms with Gasteiger partial charge in [-0.3, -0.25) is 4.40 Å². The van der Waals surface area contributed by atoms with E-state index in [1.807, 2.05) is 4.90 Å². The number of hydrogen-bond acceptors (Lipinski definition) is 8. The zero-order valence-electron chi connectivity index (χ0n) is 15.3. The quantitative estimate of drug-likeness (QED) is 0.227. The highest BCUT2D eigenvalue weighted by Crippen LogP contribution is 2.26. The minimum absolute atomic E-state index is 0.0554. The van der Waals surface area contributed by atoms with E-state index in [4.69, 9.17) is 11.4 Å². The number of halogens is 2. The lowest BCUT2D eigenvalue weighted by Gasteiger charge is -2.32. The van der Waals surface area contributed by atoms with Crippen LogP contribution in [0.15, 0.2) is 41.1 Å². The van der Waals surface area contributed by atoms with Crippen molar-refractivity contribution in [2.75, 3.05) is 18.0 Å². The zero-order valence-corrected chi connectivity index (χ0v) is 15.3. The number of hydrogen-bond donors (Lipinski definition) is 2. The Labute approximate surface area is 164 Å². The molecule has 150 valence electrons. The van der Waals surface area contributed by atoms with Crippen molar-refractivity contribution in [1.82, 2.24) is 24.3 Å². The lowest BCUT2D eigenvalue weighted by Crippen LogP contribution is -2.39. The normalized spacial score (nSPS) is 17.8. The number of nitrogens with one attached hydrogen (secondary N) is 1. The molecule has 3 aromatic rings. The second kappa shape index (κ2) is 7.81. The Morgan fingerprint density at radius 2 is 2.14 bits per heavy atom. The highest BCUT2D eigenvalue weighted by molar-refractivity contribution is 5.85. The molecule has 0 saturated carbocycles. The number of amidine groups is 1. The lowest BCUT2D eigenvalue weighted by atomic mass is 9.97. The summed E-state index contributed by atoms with van der Waals surface area (Å²) >= 11 is 0. The number of hydrazone groups is 1. The van der Waals surface area contributed by atoms with Crippen molar-refractivity contribution in [3.63, 3.8) is 0 Å². The van der Waals surface area contributed by atoms with Crippen LogP contribution in [-0.2, 0) is 0 Å². The van der Waals surface area contributed by atoms with Crippen molar-refractivity contribution in [1.29, 1.82) is 5.53 Å². The van der Waals surface area contributed by atoms with Crippen LogP contribution in [-0.4, -0.2) is 43.3 Å². The second-order valence-electron chi connectivity index (χ2n) is 6.61. The van der Waals surface area contributed by atoms with Crippen LogP contribution >= 0.6 is 0 Å². The maximum Gasteiger partial charge on any atom is 0.281 e. The summed E-state index contributed by atoms with van der Waals surface area (Å²) in [6.07, 6.45) is 4.71. The van der Waals surface area contributed by atoms with E-state index in [1.165, 1.54) is 23.0 Å². The standard InChI is InChI=1S/C17H18F2N10/c18-15(19)11-9-29-12(6-24-14(29)7-23-11)17-22-4-3-13(25-17)28-5-1-2-10(8-28)16(26-20)27-21/h3-4,6-7,9-10,15,20H,1-2,5,8,21H2. The van der Waals surface area contributed by atoms with Crippen molar-refractivity contribution < 1.29 is 8.78 Å². The van der Waals surface area contributed by atoms with E-state index >= 15 is 0 Å². The number of piperidine rings is 1. The van der Waals surface area contributed by atoms with Gasteiger partial charge in [0, 0.05) is 31.4 Å². The van der Waals surface area contributed by atoms with Crippen LogP contribution in [0.25, 0.3) is 17.2 Å². The minimum atomic E-state index is -2.69. The largest absolute Gasteiger partial charge is 0.356 e. The van der Waals surface area contributed by atoms with Crippen LogP contribution in [0.1, 0.15) is 25.0 Å². The molecule has 0 amide bonds. The van der Waals surface area contributed by atoms with Crippen molar-refractivity contribution in [3.05, 3.63) is 36.5 Å². The van der Waals surface area contributed by atoms with E-state index in [1.54, 1.807) is 12.3 Å². The van der Waals surface area contributed by atoms with Crippen LogP contribution in [0, 0.1) is 11.4 Å². The number of nitrogens with zero attached hydrogens (tertiary/aromatic N) is 8. The maximum absolute atomic E-state index is 13.0. The van der Waals surface area contributed by atoms with Gasteiger partial charge >= 0.3 is 0 Å². The predicted octanol–water partition coefficient (Wildman–Crippen LogP) is 2.64. The minimum Gasteiger partial charge on any atom is -0.356 e. The Balaban J connectivity index is 1.67. The molecule has 0 spiro atoms. The van der Waals surface area contributed by atoms with E-state index in [9.17, 15) is 8.78 Å². The molecular weight excluding hydrogens is 382 g/mol. The van der Waals surface area contributed by atoms with E-state index in [0.29, 0.717) is 35.4 Å². The van der Waals surface area contributed by atoms with Gasteiger partial charge in [-0.15, -0.1) is 5.11 Å². The number of imidazole rings is 1. The lowest BCUT2D eigenvalue weighted by molar-refractivity contribution is 0.145. The predicted molar refractivity (Wildman–Crippen MR) is 101 cm³/mol. The number of alkyl halides is 2. The van der Waals surface area contributed by atoms with E-state index < -0.39 is 6.43 Å². The molecule has 0 aliphatic carbocycles. The SMILES string of the molecule is N=NC(=NN)C1CCCN(c2ccnc(-c3cnc4cnc(C(F)F)cn34)n2)C1.